The standard InChI is InChI=1S/C29H28N2O3S/c1-2-26-29(32)31(17-9-10-18-33-23-13-7-4-8-14-23)25-19-22(15-16-27(25)34-26)24-20-35-28(30-24)21-11-5-3-6-12-21/h3-8,11-16,19-20,26H,2,9-10,17-18H2,1H3. The molecule has 5 nitrogen and oxygen atoms in total. The molecule has 0 fully saturated rings. The predicted octanol–water partition coefficient (Wildman–Crippen LogP) is 6.84. The zero-order valence-corrected chi connectivity index (χ0v) is 20.5. The summed E-state index contributed by atoms with van der Waals surface area (Å²) in [5, 5.41) is 3.04. The summed E-state index contributed by atoms with van der Waals surface area (Å²) in [5.74, 6) is 1.64. The lowest BCUT2D eigenvalue weighted by atomic mass is 10.1. The highest BCUT2D eigenvalue weighted by molar-refractivity contribution is 7.13. The first-order valence-electron chi connectivity index (χ1n) is 12.0. The Balaban J connectivity index is 1.32. The van der Waals surface area contributed by atoms with Crippen molar-refractivity contribution < 1.29 is 14.3 Å². The van der Waals surface area contributed by atoms with Crippen LogP contribution in [0.15, 0.2) is 84.2 Å². The highest BCUT2D eigenvalue weighted by Gasteiger charge is 2.33. The first kappa shape index (κ1) is 23.1. The quantitative estimate of drug-likeness (QED) is 0.244. The number of carbonyl (C=O) groups excluding carboxylic acids is 1. The van der Waals surface area contributed by atoms with Gasteiger partial charge in [0.1, 0.15) is 16.5 Å². The Morgan fingerprint density at radius 2 is 1.74 bits per heavy atom. The van der Waals surface area contributed by atoms with E-state index in [1.54, 1.807) is 11.3 Å². The second-order valence-corrected chi connectivity index (χ2v) is 9.32. The van der Waals surface area contributed by atoms with E-state index >= 15 is 0 Å². The normalized spacial score (nSPS) is 14.9. The summed E-state index contributed by atoms with van der Waals surface area (Å²) >= 11 is 1.62. The predicted molar refractivity (Wildman–Crippen MR) is 141 cm³/mol. The Morgan fingerprint density at radius 3 is 2.51 bits per heavy atom. The molecule has 0 bridgehead atoms. The number of unbranched alkanes of at least 4 members (excludes halogenated alkanes) is 1. The van der Waals surface area contributed by atoms with Crippen LogP contribution < -0.4 is 14.4 Å². The second-order valence-electron chi connectivity index (χ2n) is 8.46. The van der Waals surface area contributed by atoms with E-state index in [2.05, 4.69) is 17.5 Å². The number of benzene rings is 3. The molecule has 1 atom stereocenters. The molecule has 0 N–H and O–H groups in total. The number of aromatic nitrogens is 1. The Kier molecular flexibility index (Phi) is 7.09. The number of rotatable bonds is 9. The summed E-state index contributed by atoms with van der Waals surface area (Å²) in [4.78, 5) is 19.9. The van der Waals surface area contributed by atoms with Crippen molar-refractivity contribution in [2.24, 2.45) is 0 Å². The molecule has 0 aliphatic carbocycles. The molecule has 6 heteroatoms. The third kappa shape index (κ3) is 5.23. The van der Waals surface area contributed by atoms with Crippen LogP contribution in [0.3, 0.4) is 0 Å². The van der Waals surface area contributed by atoms with Crippen LogP contribution in [0.4, 0.5) is 5.69 Å². The zero-order chi connectivity index (χ0) is 24.0. The summed E-state index contributed by atoms with van der Waals surface area (Å²) < 4.78 is 11.9. The van der Waals surface area contributed by atoms with Gasteiger partial charge in [-0.1, -0.05) is 55.5 Å². The van der Waals surface area contributed by atoms with Crippen molar-refractivity contribution in [3.05, 3.63) is 84.2 Å². The molecule has 1 amide bonds. The Morgan fingerprint density at radius 1 is 0.971 bits per heavy atom. The van der Waals surface area contributed by atoms with Gasteiger partial charge < -0.3 is 14.4 Å². The van der Waals surface area contributed by atoms with Crippen LogP contribution in [0, 0.1) is 0 Å². The van der Waals surface area contributed by atoms with E-state index in [0.717, 1.165) is 51.9 Å². The average Bonchev–Trinajstić information content (AvgIpc) is 3.41. The van der Waals surface area contributed by atoms with E-state index in [0.29, 0.717) is 19.6 Å². The van der Waals surface area contributed by atoms with E-state index in [1.807, 2.05) is 78.6 Å². The van der Waals surface area contributed by atoms with Crippen LogP contribution in [0.2, 0.25) is 0 Å². The van der Waals surface area contributed by atoms with Crippen LogP contribution >= 0.6 is 11.3 Å². The first-order chi connectivity index (χ1) is 17.2. The highest BCUT2D eigenvalue weighted by atomic mass is 32.1. The number of amides is 1. The molecule has 1 unspecified atom stereocenters. The number of hydrogen-bond acceptors (Lipinski definition) is 5. The maximum Gasteiger partial charge on any atom is 0.268 e. The molecule has 4 aromatic rings. The Bertz CT molecular complexity index is 1270. The van der Waals surface area contributed by atoms with Crippen molar-refractivity contribution in [2.45, 2.75) is 32.3 Å². The van der Waals surface area contributed by atoms with Gasteiger partial charge in [0.25, 0.3) is 5.91 Å². The second kappa shape index (κ2) is 10.7. The minimum atomic E-state index is -0.446. The van der Waals surface area contributed by atoms with E-state index in [1.165, 1.54) is 0 Å². The smallest absolute Gasteiger partial charge is 0.268 e. The van der Waals surface area contributed by atoms with E-state index in [4.69, 9.17) is 14.5 Å². The number of carbonyl (C=O) groups is 1. The number of fused-ring (bicyclic) bond motifs is 1. The molecule has 1 aliphatic heterocycles. The monoisotopic (exact) mass is 484 g/mol. The Hall–Kier alpha value is -3.64. The van der Waals surface area contributed by atoms with Crippen molar-refractivity contribution in [1.29, 1.82) is 0 Å². The maximum absolute atomic E-state index is 13.2. The lowest BCUT2D eigenvalue weighted by Gasteiger charge is -2.34. The van der Waals surface area contributed by atoms with Crippen LogP contribution in [-0.4, -0.2) is 30.1 Å². The van der Waals surface area contributed by atoms with Crippen molar-refractivity contribution in [1.82, 2.24) is 4.98 Å². The number of para-hydroxylation sites is 1. The fraction of sp³-hybridized carbons (Fsp3) is 0.241. The largest absolute Gasteiger partial charge is 0.494 e. The number of anilines is 1. The lowest BCUT2D eigenvalue weighted by Crippen LogP contribution is -2.46. The summed E-state index contributed by atoms with van der Waals surface area (Å²) in [6, 6.07) is 26.0. The van der Waals surface area contributed by atoms with Gasteiger partial charge in [0, 0.05) is 23.1 Å². The first-order valence-corrected chi connectivity index (χ1v) is 12.9. The van der Waals surface area contributed by atoms with Gasteiger partial charge in [0.2, 0.25) is 0 Å². The van der Waals surface area contributed by atoms with Crippen LogP contribution in [0.25, 0.3) is 21.8 Å². The SMILES string of the molecule is CCC1Oc2ccc(-c3csc(-c4ccccc4)n3)cc2N(CCCCOc2ccccc2)C1=O. The maximum atomic E-state index is 13.2. The minimum absolute atomic E-state index is 0.0179. The van der Waals surface area contributed by atoms with Gasteiger partial charge in [-0.15, -0.1) is 11.3 Å². The molecule has 0 spiro atoms. The zero-order valence-electron chi connectivity index (χ0n) is 19.7. The third-order valence-corrected chi connectivity index (χ3v) is 6.93. The van der Waals surface area contributed by atoms with Gasteiger partial charge in [-0.05, 0) is 49.6 Å². The fourth-order valence-corrected chi connectivity index (χ4v) is 5.01. The van der Waals surface area contributed by atoms with Gasteiger partial charge in [-0.25, -0.2) is 4.98 Å². The van der Waals surface area contributed by atoms with Crippen LogP contribution in [0.5, 0.6) is 11.5 Å². The van der Waals surface area contributed by atoms with E-state index in [-0.39, 0.29) is 5.91 Å². The molecular weight excluding hydrogens is 456 g/mol. The molecule has 5 rings (SSSR count). The highest BCUT2D eigenvalue weighted by Crippen LogP contribution is 2.39. The van der Waals surface area contributed by atoms with Crippen molar-refractivity contribution in [2.75, 3.05) is 18.1 Å². The van der Waals surface area contributed by atoms with Gasteiger partial charge in [-0.2, -0.15) is 0 Å². The molecule has 0 radical (unpaired) electrons. The van der Waals surface area contributed by atoms with Crippen molar-refractivity contribution >= 4 is 22.9 Å². The fourth-order valence-electron chi connectivity index (χ4n) is 4.17. The summed E-state index contributed by atoms with van der Waals surface area (Å²) in [5.41, 5.74) is 3.80. The van der Waals surface area contributed by atoms with Crippen molar-refractivity contribution in [3.63, 3.8) is 0 Å². The molecule has 3 aromatic carbocycles. The molecule has 1 aliphatic rings. The summed E-state index contributed by atoms with van der Waals surface area (Å²) in [6.07, 6.45) is 1.89. The summed E-state index contributed by atoms with van der Waals surface area (Å²) in [6.45, 7) is 3.22. The number of hydrogen-bond donors (Lipinski definition) is 0. The molecular formula is C29H28N2O3S. The van der Waals surface area contributed by atoms with Gasteiger partial charge in [0.15, 0.2) is 6.10 Å². The lowest BCUT2D eigenvalue weighted by molar-refractivity contribution is -0.126. The molecule has 1 aromatic heterocycles. The molecule has 35 heavy (non-hydrogen) atoms. The molecule has 0 saturated carbocycles. The van der Waals surface area contributed by atoms with Crippen molar-refractivity contribution in [3.8, 4) is 33.3 Å². The third-order valence-electron chi connectivity index (χ3n) is 6.04. The molecule has 0 saturated heterocycles. The Labute approximate surface area is 210 Å². The molecule has 2 heterocycles. The number of ether oxygens (including phenoxy) is 2. The number of thiazole rings is 1. The van der Waals surface area contributed by atoms with Crippen LogP contribution in [-0.2, 0) is 4.79 Å². The topological polar surface area (TPSA) is 51.7 Å². The van der Waals surface area contributed by atoms with E-state index in [9.17, 15) is 4.79 Å². The van der Waals surface area contributed by atoms with Gasteiger partial charge in [0.05, 0.1) is 18.0 Å². The van der Waals surface area contributed by atoms with Gasteiger partial charge in [-0.3, -0.25) is 4.79 Å². The van der Waals surface area contributed by atoms with Gasteiger partial charge >= 0.3 is 0 Å². The average molecular weight is 485 g/mol. The van der Waals surface area contributed by atoms with Crippen LogP contribution in [0.1, 0.15) is 26.2 Å². The minimum Gasteiger partial charge on any atom is -0.494 e. The van der Waals surface area contributed by atoms with E-state index < -0.39 is 6.10 Å². The summed E-state index contributed by atoms with van der Waals surface area (Å²) in [7, 11) is 0. The number of nitrogens with zero attached hydrogens (tertiary/aromatic N) is 2. The molecule has 178 valence electrons.